The lowest BCUT2D eigenvalue weighted by molar-refractivity contribution is 0.0903. The number of aromatic nitrogens is 1. The highest BCUT2D eigenvalue weighted by atomic mass is 19.1. The molecule has 1 aromatic heterocycles. The van der Waals surface area contributed by atoms with E-state index in [1.54, 1.807) is 6.20 Å². The van der Waals surface area contributed by atoms with Gasteiger partial charge in [-0.1, -0.05) is 30.3 Å². The first-order valence-corrected chi connectivity index (χ1v) is 7.68. The van der Waals surface area contributed by atoms with Crippen molar-refractivity contribution in [2.75, 3.05) is 6.54 Å². The Morgan fingerprint density at radius 1 is 1.23 bits per heavy atom. The number of nitrogens with zero attached hydrogens (tertiary/aromatic N) is 1. The lowest BCUT2D eigenvalue weighted by atomic mass is 9.92. The Hall–Kier alpha value is -1.78. The molecule has 2 unspecified atom stereocenters. The van der Waals surface area contributed by atoms with Crippen LogP contribution < -0.4 is 5.32 Å². The van der Waals surface area contributed by atoms with Gasteiger partial charge in [-0.05, 0) is 37.0 Å². The molecule has 0 bridgehead atoms. The smallest absolute Gasteiger partial charge is 0.141 e. The van der Waals surface area contributed by atoms with Crippen LogP contribution in [-0.2, 0) is 0 Å². The van der Waals surface area contributed by atoms with Crippen molar-refractivity contribution in [3.05, 3.63) is 65.7 Å². The summed E-state index contributed by atoms with van der Waals surface area (Å²) >= 11 is 0. The van der Waals surface area contributed by atoms with Gasteiger partial charge in [0, 0.05) is 24.2 Å². The highest BCUT2D eigenvalue weighted by Gasteiger charge is 2.49. The fraction of sp³-hybridized carbons (Fsp3) is 0.389. The second kappa shape index (κ2) is 6.15. The maximum absolute atomic E-state index is 13.2. The van der Waals surface area contributed by atoms with Crippen LogP contribution in [0.3, 0.4) is 0 Å². The van der Waals surface area contributed by atoms with Crippen molar-refractivity contribution < 1.29 is 9.50 Å². The van der Waals surface area contributed by atoms with E-state index in [2.05, 4.69) is 10.3 Å². The summed E-state index contributed by atoms with van der Waals surface area (Å²) in [6.45, 7) is 2.70. The molecule has 3 nitrogen and oxygen atoms in total. The average Bonchev–Trinajstić information content (AvgIpc) is 3.34. The number of pyridine rings is 1. The van der Waals surface area contributed by atoms with Gasteiger partial charge in [0.2, 0.25) is 0 Å². The number of aliphatic hydroxyl groups is 1. The summed E-state index contributed by atoms with van der Waals surface area (Å²) in [6.07, 6.45) is 4.43. The molecule has 1 aromatic carbocycles. The quantitative estimate of drug-likeness (QED) is 0.859. The zero-order valence-electron chi connectivity index (χ0n) is 12.7. The van der Waals surface area contributed by atoms with Gasteiger partial charge >= 0.3 is 0 Å². The lowest BCUT2D eigenvalue weighted by Gasteiger charge is -2.25. The molecule has 3 rings (SSSR count). The molecule has 1 fully saturated rings. The number of benzene rings is 1. The summed E-state index contributed by atoms with van der Waals surface area (Å²) in [5.41, 5.74) is 1.68. The van der Waals surface area contributed by atoms with Crippen LogP contribution in [0.2, 0.25) is 0 Å². The van der Waals surface area contributed by atoms with E-state index in [4.69, 9.17) is 0 Å². The van der Waals surface area contributed by atoms with Gasteiger partial charge < -0.3 is 10.4 Å². The van der Waals surface area contributed by atoms with E-state index >= 15 is 0 Å². The topological polar surface area (TPSA) is 45.1 Å². The summed E-state index contributed by atoms with van der Waals surface area (Å²) in [4.78, 5) is 3.88. The van der Waals surface area contributed by atoms with E-state index in [-0.39, 0.29) is 17.3 Å². The van der Waals surface area contributed by atoms with Crippen LogP contribution in [-0.4, -0.2) is 16.6 Å². The molecule has 0 saturated heterocycles. The normalized spacial score (nSPS) is 18.7. The van der Waals surface area contributed by atoms with Crippen molar-refractivity contribution >= 4 is 0 Å². The van der Waals surface area contributed by atoms with Crippen molar-refractivity contribution in [3.8, 4) is 0 Å². The Bertz CT molecular complexity index is 628. The molecule has 4 heteroatoms. The molecule has 2 atom stereocenters. The van der Waals surface area contributed by atoms with Crippen LogP contribution in [0.15, 0.2) is 48.8 Å². The zero-order chi connectivity index (χ0) is 15.6. The second-order valence-electron chi connectivity index (χ2n) is 6.21. The van der Waals surface area contributed by atoms with Gasteiger partial charge in [-0.3, -0.25) is 4.98 Å². The molecular weight excluding hydrogens is 279 g/mol. The summed E-state index contributed by atoms with van der Waals surface area (Å²) < 4.78 is 13.2. The fourth-order valence-electron chi connectivity index (χ4n) is 2.84. The third-order valence-electron chi connectivity index (χ3n) is 4.57. The Morgan fingerprint density at radius 3 is 2.59 bits per heavy atom. The number of aliphatic hydroxyl groups excluding tert-OH is 1. The van der Waals surface area contributed by atoms with E-state index < -0.39 is 6.10 Å². The minimum absolute atomic E-state index is 0.00338. The van der Waals surface area contributed by atoms with Crippen LogP contribution in [0, 0.1) is 11.2 Å². The van der Waals surface area contributed by atoms with Crippen LogP contribution in [0.4, 0.5) is 4.39 Å². The van der Waals surface area contributed by atoms with Gasteiger partial charge in [0.25, 0.3) is 0 Å². The predicted molar refractivity (Wildman–Crippen MR) is 83.7 cm³/mol. The molecule has 2 aromatic rings. The maximum Gasteiger partial charge on any atom is 0.141 e. The van der Waals surface area contributed by atoms with Crippen LogP contribution >= 0.6 is 0 Å². The standard InChI is InChI=1S/C18H21FN2O/c1-13(15-9-16(19)11-20-10-15)21-12-18(7-8-18)17(22)14-5-3-2-4-6-14/h2-6,9-11,13,17,21-22H,7-8,12H2,1H3. The largest absolute Gasteiger partial charge is 0.388 e. The van der Waals surface area contributed by atoms with Gasteiger partial charge in [-0.15, -0.1) is 0 Å². The van der Waals surface area contributed by atoms with E-state index in [0.717, 1.165) is 24.0 Å². The monoisotopic (exact) mass is 300 g/mol. The third-order valence-corrected chi connectivity index (χ3v) is 4.57. The Labute approximate surface area is 130 Å². The van der Waals surface area contributed by atoms with E-state index in [9.17, 15) is 9.50 Å². The molecule has 0 radical (unpaired) electrons. The highest BCUT2D eigenvalue weighted by molar-refractivity contribution is 5.23. The number of nitrogens with one attached hydrogen (secondary N) is 1. The Kier molecular flexibility index (Phi) is 4.23. The second-order valence-corrected chi connectivity index (χ2v) is 6.21. The van der Waals surface area contributed by atoms with Crippen molar-refractivity contribution in [1.29, 1.82) is 0 Å². The van der Waals surface area contributed by atoms with Crippen molar-refractivity contribution in [2.24, 2.45) is 5.41 Å². The summed E-state index contributed by atoms with van der Waals surface area (Å²) in [6, 6.07) is 11.3. The lowest BCUT2D eigenvalue weighted by Crippen LogP contribution is -2.30. The van der Waals surface area contributed by atoms with Gasteiger partial charge in [0.15, 0.2) is 0 Å². The summed E-state index contributed by atoms with van der Waals surface area (Å²) in [7, 11) is 0. The minimum atomic E-state index is -0.459. The van der Waals surface area contributed by atoms with E-state index in [0.29, 0.717) is 6.54 Å². The highest BCUT2D eigenvalue weighted by Crippen LogP contribution is 2.54. The molecule has 2 N–H and O–H groups in total. The SMILES string of the molecule is CC(NCC1(C(O)c2ccccc2)CC1)c1cncc(F)c1. The maximum atomic E-state index is 13.2. The molecule has 0 aliphatic heterocycles. The Balaban J connectivity index is 1.63. The summed E-state index contributed by atoms with van der Waals surface area (Å²) in [5.74, 6) is -0.323. The Morgan fingerprint density at radius 2 is 1.95 bits per heavy atom. The first kappa shape index (κ1) is 15.1. The van der Waals surface area contributed by atoms with Gasteiger partial charge in [-0.2, -0.15) is 0 Å². The van der Waals surface area contributed by atoms with Gasteiger partial charge in [0.05, 0.1) is 12.3 Å². The molecule has 1 aliphatic rings. The molecule has 22 heavy (non-hydrogen) atoms. The van der Waals surface area contributed by atoms with E-state index in [1.165, 1.54) is 12.3 Å². The molecular formula is C18H21FN2O. The first-order chi connectivity index (χ1) is 10.6. The minimum Gasteiger partial charge on any atom is -0.388 e. The molecule has 1 aliphatic carbocycles. The molecule has 1 saturated carbocycles. The third kappa shape index (κ3) is 3.18. The van der Waals surface area contributed by atoms with Crippen LogP contribution in [0.1, 0.15) is 43.0 Å². The van der Waals surface area contributed by atoms with E-state index in [1.807, 2.05) is 37.3 Å². The molecule has 1 heterocycles. The number of rotatable bonds is 6. The zero-order valence-corrected chi connectivity index (χ0v) is 12.7. The van der Waals surface area contributed by atoms with Crippen molar-refractivity contribution in [1.82, 2.24) is 10.3 Å². The van der Waals surface area contributed by atoms with Crippen LogP contribution in [0.25, 0.3) is 0 Å². The molecule has 116 valence electrons. The number of hydrogen-bond acceptors (Lipinski definition) is 3. The molecule has 0 amide bonds. The van der Waals surface area contributed by atoms with Crippen LogP contribution in [0.5, 0.6) is 0 Å². The predicted octanol–water partition coefficient (Wildman–Crippen LogP) is 3.39. The summed E-state index contributed by atoms with van der Waals surface area (Å²) in [5, 5.41) is 14.0. The fourth-order valence-corrected chi connectivity index (χ4v) is 2.84. The number of halogens is 1. The average molecular weight is 300 g/mol. The van der Waals surface area contributed by atoms with Gasteiger partial charge in [-0.25, -0.2) is 4.39 Å². The van der Waals surface area contributed by atoms with Crippen molar-refractivity contribution in [3.63, 3.8) is 0 Å². The van der Waals surface area contributed by atoms with Crippen molar-refractivity contribution in [2.45, 2.75) is 31.9 Å². The first-order valence-electron chi connectivity index (χ1n) is 7.68. The van der Waals surface area contributed by atoms with Gasteiger partial charge in [0.1, 0.15) is 5.82 Å². The number of hydrogen-bond donors (Lipinski definition) is 2. The molecule has 0 spiro atoms.